The van der Waals surface area contributed by atoms with Crippen LogP contribution in [0.3, 0.4) is 0 Å². The molecule has 0 aromatic rings. The van der Waals surface area contributed by atoms with E-state index in [4.69, 9.17) is 20.4 Å². The first-order valence-corrected chi connectivity index (χ1v) is 5.10. The van der Waals surface area contributed by atoms with E-state index >= 15 is 0 Å². The molecule has 8 nitrogen and oxygen atoms in total. The van der Waals surface area contributed by atoms with Crippen molar-refractivity contribution in [2.24, 2.45) is 11.8 Å². The third-order valence-electron chi connectivity index (χ3n) is 2.01. The van der Waals surface area contributed by atoms with Gasteiger partial charge in [-0.2, -0.15) is 0 Å². The fourth-order valence-electron chi connectivity index (χ4n) is 0.910. The predicted molar refractivity (Wildman–Crippen MR) is 58.1 cm³/mol. The summed E-state index contributed by atoms with van der Waals surface area (Å²) in [6, 6.07) is 0. The Morgan fingerprint density at radius 3 is 0.833 bits per heavy atom. The highest BCUT2D eigenvalue weighted by Crippen LogP contribution is 2.01. The summed E-state index contributed by atoms with van der Waals surface area (Å²) in [7, 11) is 0. The van der Waals surface area contributed by atoms with E-state index in [1.54, 1.807) is 0 Å². The normalized spacial score (nSPS) is 9.56. The van der Waals surface area contributed by atoms with E-state index in [-0.39, 0.29) is 12.8 Å². The number of hydrogen-bond acceptors (Lipinski definition) is 4. The Morgan fingerprint density at radius 1 is 0.667 bits per heavy atom. The van der Waals surface area contributed by atoms with Gasteiger partial charge in [-0.1, -0.05) is 13.8 Å². The summed E-state index contributed by atoms with van der Waals surface area (Å²) in [5.74, 6) is -7.58. The Balaban J connectivity index is 0. The van der Waals surface area contributed by atoms with Crippen molar-refractivity contribution in [1.29, 1.82) is 0 Å². The van der Waals surface area contributed by atoms with Gasteiger partial charge in [0, 0.05) is 0 Å². The molecule has 0 fully saturated rings. The van der Waals surface area contributed by atoms with Gasteiger partial charge in [-0.15, -0.1) is 0 Å². The molecule has 0 aromatic carbocycles. The number of carboxylic acid groups (broad SMARTS) is 4. The second kappa shape index (κ2) is 8.97. The van der Waals surface area contributed by atoms with Crippen LogP contribution in [0.25, 0.3) is 0 Å². The lowest BCUT2D eigenvalue weighted by Crippen LogP contribution is -2.22. The maximum Gasteiger partial charge on any atom is 0.317 e. The zero-order valence-corrected chi connectivity index (χ0v) is 9.99. The van der Waals surface area contributed by atoms with Crippen LogP contribution in [0, 0.1) is 11.8 Å². The second-order valence-electron chi connectivity index (χ2n) is 3.27. The maximum atomic E-state index is 9.99. The lowest BCUT2D eigenvalue weighted by molar-refractivity contribution is -0.156. The minimum Gasteiger partial charge on any atom is -0.481 e. The van der Waals surface area contributed by atoms with Crippen LogP contribution in [-0.2, 0) is 19.2 Å². The molecule has 0 saturated carbocycles. The average molecular weight is 264 g/mol. The Labute approximate surface area is 103 Å². The molecule has 18 heavy (non-hydrogen) atoms. The van der Waals surface area contributed by atoms with Crippen LogP contribution < -0.4 is 0 Å². The zero-order chi connectivity index (χ0) is 14.9. The molecule has 0 aliphatic rings. The summed E-state index contributed by atoms with van der Waals surface area (Å²) < 4.78 is 0. The van der Waals surface area contributed by atoms with Crippen molar-refractivity contribution in [3.63, 3.8) is 0 Å². The Kier molecular flexibility index (Phi) is 9.09. The van der Waals surface area contributed by atoms with Gasteiger partial charge >= 0.3 is 23.9 Å². The summed E-state index contributed by atoms with van der Waals surface area (Å²) in [6.45, 7) is 3.04. The van der Waals surface area contributed by atoms with Crippen molar-refractivity contribution in [2.75, 3.05) is 0 Å². The van der Waals surface area contributed by atoms with Crippen molar-refractivity contribution < 1.29 is 39.6 Å². The summed E-state index contributed by atoms with van der Waals surface area (Å²) in [5.41, 5.74) is 0. The molecule has 0 amide bonds. The molecule has 104 valence electrons. The predicted octanol–water partition coefficient (Wildman–Crippen LogP) is 0.364. The highest BCUT2D eigenvalue weighted by molar-refractivity contribution is 5.93. The van der Waals surface area contributed by atoms with Crippen molar-refractivity contribution in [3.05, 3.63) is 0 Å². The smallest absolute Gasteiger partial charge is 0.317 e. The van der Waals surface area contributed by atoms with Gasteiger partial charge < -0.3 is 20.4 Å². The van der Waals surface area contributed by atoms with E-state index in [2.05, 4.69) is 0 Å². The minimum atomic E-state index is -1.27. The van der Waals surface area contributed by atoms with E-state index in [1.807, 2.05) is 0 Å². The Bertz CT molecular complexity index is 262. The molecule has 0 unspecified atom stereocenters. The van der Waals surface area contributed by atoms with Crippen LogP contribution in [0.15, 0.2) is 0 Å². The third-order valence-corrected chi connectivity index (χ3v) is 2.01. The lowest BCUT2D eigenvalue weighted by atomic mass is 10.1. The largest absolute Gasteiger partial charge is 0.481 e. The lowest BCUT2D eigenvalue weighted by Gasteiger charge is -2.00. The number of hydrogen-bond donors (Lipinski definition) is 4. The van der Waals surface area contributed by atoms with Crippen LogP contribution in [0.5, 0.6) is 0 Å². The van der Waals surface area contributed by atoms with E-state index in [1.165, 1.54) is 13.8 Å². The molecule has 0 heterocycles. The topological polar surface area (TPSA) is 149 Å². The van der Waals surface area contributed by atoms with Gasteiger partial charge in [0.1, 0.15) is 0 Å². The van der Waals surface area contributed by atoms with Crippen molar-refractivity contribution in [2.45, 2.75) is 26.7 Å². The molecule has 0 aliphatic heterocycles. The summed E-state index contributed by atoms with van der Waals surface area (Å²) in [5, 5.41) is 32.7. The SMILES string of the molecule is CCC(C(=O)O)C(=O)O.CCC(C(=O)O)C(=O)O. The number of carbonyl (C=O) groups is 4. The molecular formula is C10H16O8. The Hall–Kier alpha value is -2.12. The van der Waals surface area contributed by atoms with Crippen LogP contribution in [0.1, 0.15) is 26.7 Å². The monoisotopic (exact) mass is 264 g/mol. The standard InChI is InChI=1S/2C5H8O4/c2*1-2-3(4(6)7)5(8)9/h2*3H,2H2,1H3,(H,6,7)(H,8,9). The number of aliphatic carboxylic acids is 4. The molecule has 0 aromatic heterocycles. The van der Waals surface area contributed by atoms with E-state index < -0.39 is 35.7 Å². The molecular weight excluding hydrogens is 248 g/mol. The fourth-order valence-corrected chi connectivity index (χ4v) is 0.910. The summed E-state index contributed by atoms with van der Waals surface area (Å²) in [4.78, 5) is 40.0. The first kappa shape index (κ1) is 18.3. The van der Waals surface area contributed by atoms with Crippen LogP contribution >= 0.6 is 0 Å². The zero-order valence-electron chi connectivity index (χ0n) is 9.99. The first-order chi connectivity index (χ1) is 8.18. The van der Waals surface area contributed by atoms with Crippen LogP contribution in [0.2, 0.25) is 0 Å². The minimum absolute atomic E-state index is 0.130. The molecule has 0 atom stereocenters. The summed E-state index contributed by atoms with van der Waals surface area (Å²) in [6.07, 6.45) is 0.259. The van der Waals surface area contributed by atoms with Gasteiger partial charge in [0.15, 0.2) is 11.8 Å². The van der Waals surface area contributed by atoms with Crippen molar-refractivity contribution in [1.82, 2.24) is 0 Å². The van der Waals surface area contributed by atoms with Crippen molar-refractivity contribution in [3.8, 4) is 0 Å². The summed E-state index contributed by atoms with van der Waals surface area (Å²) >= 11 is 0. The highest BCUT2D eigenvalue weighted by atomic mass is 16.4. The molecule has 0 bridgehead atoms. The molecule has 4 N–H and O–H groups in total. The molecule has 8 heteroatoms. The van der Waals surface area contributed by atoms with Gasteiger partial charge in [0.05, 0.1) is 0 Å². The van der Waals surface area contributed by atoms with Gasteiger partial charge in [-0.3, -0.25) is 19.2 Å². The maximum absolute atomic E-state index is 9.99. The number of carboxylic acids is 4. The van der Waals surface area contributed by atoms with Gasteiger partial charge in [-0.25, -0.2) is 0 Å². The molecule has 0 rings (SSSR count). The van der Waals surface area contributed by atoms with Crippen LogP contribution in [0.4, 0.5) is 0 Å². The van der Waals surface area contributed by atoms with Gasteiger partial charge in [0.2, 0.25) is 0 Å². The van der Waals surface area contributed by atoms with Crippen LogP contribution in [-0.4, -0.2) is 44.3 Å². The van der Waals surface area contributed by atoms with Gasteiger partial charge in [0.25, 0.3) is 0 Å². The molecule has 0 saturated heterocycles. The average Bonchev–Trinajstić information content (AvgIpc) is 2.17. The van der Waals surface area contributed by atoms with Gasteiger partial charge in [-0.05, 0) is 12.8 Å². The van der Waals surface area contributed by atoms with E-state index in [0.29, 0.717) is 0 Å². The van der Waals surface area contributed by atoms with E-state index in [9.17, 15) is 19.2 Å². The first-order valence-electron chi connectivity index (χ1n) is 5.10. The third kappa shape index (κ3) is 7.20. The highest BCUT2D eigenvalue weighted by Gasteiger charge is 2.23. The molecule has 0 aliphatic carbocycles. The second-order valence-corrected chi connectivity index (χ2v) is 3.27. The molecule has 0 radical (unpaired) electrons. The number of rotatable bonds is 6. The van der Waals surface area contributed by atoms with Crippen molar-refractivity contribution >= 4 is 23.9 Å². The Morgan fingerprint density at radius 2 is 0.833 bits per heavy atom. The quantitative estimate of drug-likeness (QED) is 0.502. The molecule has 0 spiro atoms. The van der Waals surface area contributed by atoms with E-state index in [0.717, 1.165) is 0 Å². The fraction of sp³-hybridized carbons (Fsp3) is 0.600.